The van der Waals surface area contributed by atoms with Crippen LogP contribution in [-0.2, 0) is 14.3 Å². The number of aliphatic hydroxyl groups excluding tert-OH is 1. The second kappa shape index (κ2) is 4.06. The summed E-state index contributed by atoms with van der Waals surface area (Å²) in [5, 5.41) is 20.9. The Morgan fingerprint density at radius 2 is 2.21 bits per heavy atom. The van der Waals surface area contributed by atoms with Gasteiger partial charge in [-0.3, -0.25) is 9.59 Å². The average molecular weight is 334 g/mol. The predicted octanol–water partition coefficient (Wildman–Crippen LogP) is 2.14. The van der Waals surface area contributed by atoms with Crippen LogP contribution in [0.15, 0.2) is 12.1 Å². The molecule has 4 saturated carbocycles. The molecule has 5 rings (SSSR count). The number of ether oxygens (including phenoxy) is 1. The van der Waals surface area contributed by atoms with E-state index in [-0.39, 0.29) is 18.4 Å². The molecule has 8 atom stereocenters. The van der Waals surface area contributed by atoms with Crippen LogP contribution in [-0.4, -0.2) is 33.9 Å². The summed E-state index contributed by atoms with van der Waals surface area (Å²) in [6.07, 6.45) is 2.77. The molecule has 0 unspecified atom stereocenters. The number of carboxylic acids is 1. The summed E-state index contributed by atoms with van der Waals surface area (Å²) in [4.78, 5) is 25.3. The number of hydrogen-bond acceptors (Lipinski definition) is 4. The molecule has 1 saturated heterocycles. The zero-order chi connectivity index (χ0) is 18.6. The standard InChI is InChI=1S/C19H24O5/c1-9-7-18-8-10(9)3-4-11(18)19-6-5-12(20)17(2,16(23)24-19)14(19)13(18)15(21)22/h10-14,20H,1,3-8H2,2H3,(H,21,22)/t10-,11-,12+,13-,14-,17-,18+,19-/m1/s1/i1D2. The molecule has 5 heteroatoms. The zero-order valence-corrected chi connectivity index (χ0v) is 13.7. The number of allylic oxidation sites excluding steroid dienone is 1. The molecule has 2 N–H and O–H groups in total. The van der Waals surface area contributed by atoms with E-state index in [1.54, 1.807) is 6.92 Å². The van der Waals surface area contributed by atoms with Crippen molar-refractivity contribution in [3.05, 3.63) is 12.1 Å². The van der Waals surface area contributed by atoms with Crippen molar-refractivity contribution in [2.24, 2.45) is 34.5 Å². The summed E-state index contributed by atoms with van der Waals surface area (Å²) in [5.41, 5.74) is -1.78. The summed E-state index contributed by atoms with van der Waals surface area (Å²) in [6.45, 7) is 1.50. The van der Waals surface area contributed by atoms with Crippen LogP contribution < -0.4 is 0 Å². The third-order valence-corrected chi connectivity index (χ3v) is 8.34. The molecule has 0 aromatic carbocycles. The van der Waals surface area contributed by atoms with Crippen LogP contribution in [0.25, 0.3) is 0 Å². The molecule has 5 fully saturated rings. The van der Waals surface area contributed by atoms with E-state index < -0.39 is 46.3 Å². The van der Waals surface area contributed by atoms with Gasteiger partial charge in [-0.2, -0.15) is 0 Å². The summed E-state index contributed by atoms with van der Waals surface area (Å²) in [7, 11) is 0. The van der Waals surface area contributed by atoms with Crippen molar-refractivity contribution in [3.63, 3.8) is 0 Å². The van der Waals surface area contributed by atoms with Crippen molar-refractivity contribution >= 4 is 11.9 Å². The van der Waals surface area contributed by atoms with E-state index in [9.17, 15) is 19.8 Å². The summed E-state index contributed by atoms with van der Waals surface area (Å²) in [6, 6.07) is 0. The van der Waals surface area contributed by atoms with Crippen LogP contribution in [0.4, 0.5) is 0 Å². The molecular formula is C19H24O5. The fraction of sp³-hybridized carbons (Fsp3) is 0.789. The van der Waals surface area contributed by atoms with Gasteiger partial charge in [-0.15, -0.1) is 0 Å². The van der Waals surface area contributed by atoms with Crippen molar-refractivity contribution in [1.29, 1.82) is 0 Å². The molecule has 0 radical (unpaired) electrons. The lowest BCUT2D eigenvalue weighted by molar-refractivity contribution is -0.162. The van der Waals surface area contributed by atoms with Gasteiger partial charge >= 0.3 is 11.9 Å². The van der Waals surface area contributed by atoms with Gasteiger partial charge in [0.05, 0.1) is 20.2 Å². The van der Waals surface area contributed by atoms with Crippen LogP contribution in [0.3, 0.4) is 0 Å². The highest BCUT2D eigenvalue weighted by Gasteiger charge is 2.83. The molecule has 0 aromatic heterocycles. The fourth-order valence-corrected chi connectivity index (χ4v) is 7.54. The fourth-order valence-electron chi connectivity index (χ4n) is 7.54. The number of rotatable bonds is 1. The number of fused-ring (bicyclic) bond motifs is 1. The lowest BCUT2D eigenvalue weighted by Crippen LogP contribution is -2.53. The Morgan fingerprint density at radius 1 is 1.42 bits per heavy atom. The Hall–Kier alpha value is -1.36. The number of hydrogen-bond donors (Lipinski definition) is 2. The minimum atomic E-state index is -1.18. The lowest BCUT2D eigenvalue weighted by Gasteiger charge is -2.44. The first-order chi connectivity index (χ1) is 12.2. The van der Waals surface area contributed by atoms with Gasteiger partial charge in [0, 0.05) is 11.8 Å². The van der Waals surface area contributed by atoms with E-state index in [4.69, 9.17) is 7.48 Å². The summed E-state index contributed by atoms with van der Waals surface area (Å²) < 4.78 is 21.6. The highest BCUT2D eigenvalue weighted by molar-refractivity contribution is 5.85. The van der Waals surface area contributed by atoms with Crippen molar-refractivity contribution in [2.75, 3.05) is 0 Å². The maximum Gasteiger partial charge on any atom is 0.315 e. The maximum atomic E-state index is 12.8. The molecule has 1 heterocycles. The van der Waals surface area contributed by atoms with E-state index >= 15 is 0 Å². The van der Waals surface area contributed by atoms with Crippen LogP contribution in [0.2, 0.25) is 0 Å². The molecule has 1 spiro atoms. The van der Waals surface area contributed by atoms with Gasteiger partial charge in [0.2, 0.25) is 0 Å². The van der Waals surface area contributed by atoms with Crippen LogP contribution in [0, 0.1) is 34.5 Å². The van der Waals surface area contributed by atoms with E-state index in [0.29, 0.717) is 25.7 Å². The van der Waals surface area contributed by atoms with E-state index in [0.717, 1.165) is 18.4 Å². The molecule has 5 nitrogen and oxygen atoms in total. The number of esters is 1. The van der Waals surface area contributed by atoms with E-state index in [1.807, 2.05) is 0 Å². The predicted molar refractivity (Wildman–Crippen MR) is 83.8 cm³/mol. The summed E-state index contributed by atoms with van der Waals surface area (Å²) >= 11 is 0. The van der Waals surface area contributed by atoms with E-state index in [1.165, 1.54) is 0 Å². The molecule has 5 aliphatic rings. The Bertz CT molecular complexity index is 761. The monoisotopic (exact) mass is 334 g/mol. The van der Waals surface area contributed by atoms with Gasteiger partial charge in [0.25, 0.3) is 0 Å². The van der Waals surface area contributed by atoms with Crippen molar-refractivity contribution in [2.45, 2.75) is 57.2 Å². The Balaban J connectivity index is 1.74. The second-order valence-electron chi connectivity index (χ2n) is 8.94. The number of aliphatic carboxylic acids is 1. The Morgan fingerprint density at radius 3 is 2.92 bits per heavy atom. The first-order valence-corrected chi connectivity index (χ1v) is 8.99. The quantitative estimate of drug-likeness (QED) is 0.567. The SMILES string of the molecule is [2H]C([2H])=C1C[C@]23C[C@H]1CC[C@H]2[C@@]12CC[C@H](O)[C@@](C)(C(=O)O1)[C@H]2[C@@H]3C(=O)O. The number of aliphatic hydroxyl groups is 1. The second-order valence-corrected chi connectivity index (χ2v) is 8.94. The van der Waals surface area contributed by atoms with Gasteiger partial charge in [-0.05, 0) is 56.8 Å². The highest BCUT2D eigenvalue weighted by Crippen LogP contribution is 2.77. The van der Waals surface area contributed by atoms with Crippen molar-refractivity contribution in [3.8, 4) is 0 Å². The number of carbonyl (C=O) groups is 2. The smallest absolute Gasteiger partial charge is 0.315 e. The number of carboxylic acid groups (broad SMARTS) is 1. The minimum absolute atomic E-state index is 0.0625. The van der Waals surface area contributed by atoms with Crippen LogP contribution in [0.1, 0.15) is 48.2 Å². The first-order valence-electron chi connectivity index (χ1n) is 9.99. The van der Waals surface area contributed by atoms with Crippen molar-refractivity contribution < 1.29 is 27.3 Å². The average Bonchev–Trinajstić information content (AvgIpc) is 3.06. The third kappa shape index (κ3) is 1.29. The minimum Gasteiger partial charge on any atom is -0.481 e. The molecule has 4 aliphatic carbocycles. The summed E-state index contributed by atoms with van der Waals surface area (Å²) in [5.74, 6) is -2.66. The normalized spacial score (nSPS) is 58.5. The molecule has 4 bridgehead atoms. The molecule has 0 aromatic rings. The topological polar surface area (TPSA) is 83.8 Å². The zero-order valence-electron chi connectivity index (χ0n) is 15.7. The van der Waals surface area contributed by atoms with Crippen LogP contribution in [0.5, 0.6) is 0 Å². The first kappa shape index (κ1) is 12.9. The molecule has 1 aliphatic heterocycles. The van der Waals surface area contributed by atoms with Crippen LogP contribution >= 0.6 is 0 Å². The van der Waals surface area contributed by atoms with Gasteiger partial charge in [-0.1, -0.05) is 12.1 Å². The molecule has 24 heavy (non-hydrogen) atoms. The third-order valence-electron chi connectivity index (χ3n) is 8.34. The Kier molecular flexibility index (Phi) is 2.19. The molecular weight excluding hydrogens is 308 g/mol. The highest BCUT2D eigenvalue weighted by atomic mass is 16.6. The largest absolute Gasteiger partial charge is 0.481 e. The molecule has 0 amide bonds. The Labute approximate surface area is 143 Å². The lowest BCUT2D eigenvalue weighted by atomic mass is 9.59. The van der Waals surface area contributed by atoms with E-state index in [2.05, 4.69) is 0 Å². The van der Waals surface area contributed by atoms with Crippen molar-refractivity contribution in [1.82, 2.24) is 0 Å². The maximum absolute atomic E-state index is 12.8. The van der Waals surface area contributed by atoms with Gasteiger partial charge in [-0.25, -0.2) is 0 Å². The molecule has 130 valence electrons. The van der Waals surface area contributed by atoms with Gasteiger partial charge in [0.15, 0.2) is 0 Å². The number of carbonyl (C=O) groups excluding carboxylic acids is 1. The van der Waals surface area contributed by atoms with Gasteiger partial charge < -0.3 is 14.9 Å². The van der Waals surface area contributed by atoms with Gasteiger partial charge in [0.1, 0.15) is 5.60 Å².